The smallest absolute Gasteiger partial charge is 0.364 e. The number of benzene rings is 1. The molecule has 1 aromatic heterocycles. The molecule has 3 nitrogen and oxygen atoms in total. The molecule has 2 aliphatic rings. The Bertz CT molecular complexity index is 839. The molecule has 2 heterocycles. The number of halogens is 3. The van der Waals surface area contributed by atoms with Crippen LogP contribution in [0.3, 0.4) is 0 Å². The van der Waals surface area contributed by atoms with Crippen LogP contribution in [0.1, 0.15) is 54.3 Å². The molecule has 1 aromatic carbocycles. The molecule has 1 aliphatic carbocycles. The van der Waals surface area contributed by atoms with E-state index >= 15 is 0 Å². The Morgan fingerprint density at radius 2 is 1.74 bits per heavy atom. The minimum atomic E-state index is -4.39. The van der Waals surface area contributed by atoms with Crippen molar-refractivity contribution in [1.82, 2.24) is 9.78 Å². The van der Waals surface area contributed by atoms with E-state index in [1.54, 1.807) is 0 Å². The third-order valence-electron chi connectivity index (χ3n) is 6.30. The van der Waals surface area contributed by atoms with Gasteiger partial charge in [0.25, 0.3) is 0 Å². The van der Waals surface area contributed by atoms with Gasteiger partial charge < -0.3 is 4.90 Å². The van der Waals surface area contributed by atoms with Gasteiger partial charge in [0.05, 0.1) is 18.8 Å². The topological polar surface area (TPSA) is 21.1 Å². The minimum absolute atomic E-state index is 0.433. The normalized spacial score (nSPS) is 19.0. The number of hydrogen-bond donors (Lipinski definition) is 0. The molecule has 6 heteroatoms. The van der Waals surface area contributed by atoms with Crippen molar-refractivity contribution in [2.45, 2.75) is 65.7 Å². The summed E-state index contributed by atoms with van der Waals surface area (Å²) in [6, 6.07) is 5.57. The Kier molecular flexibility index (Phi) is 4.28. The van der Waals surface area contributed by atoms with Gasteiger partial charge in [-0.15, -0.1) is 0 Å². The molecule has 0 unspecified atom stereocenters. The second-order valence-electron chi connectivity index (χ2n) is 8.56. The zero-order valence-electron chi connectivity index (χ0n) is 16.2. The van der Waals surface area contributed by atoms with Crippen molar-refractivity contribution < 1.29 is 13.2 Å². The van der Waals surface area contributed by atoms with Crippen LogP contribution in [0.15, 0.2) is 18.2 Å². The van der Waals surface area contributed by atoms with Gasteiger partial charge in [-0.3, -0.25) is 4.68 Å². The zero-order valence-corrected chi connectivity index (χ0v) is 16.2. The molecule has 1 aliphatic heterocycles. The molecule has 4 rings (SSSR count). The van der Waals surface area contributed by atoms with Crippen LogP contribution in [0.5, 0.6) is 0 Å². The standard InChI is InChI=1S/C21H26F3N3/c1-14-9-16(10-15(2)18(14)12-20(3)5-4-6-20)26-7-8-27-17(13-26)11-19(25-27)21(22,23)24/h9-11H,4-8,12-13H2,1-3H3. The number of aromatic nitrogens is 2. The maximum Gasteiger partial charge on any atom is 0.435 e. The quantitative estimate of drug-likeness (QED) is 0.726. The summed E-state index contributed by atoms with van der Waals surface area (Å²) in [5.41, 5.74) is 5.35. The van der Waals surface area contributed by atoms with E-state index in [0.717, 1.165) is 12.1 Å². The van der Waals surface area contributed by atoms with E-state index in [1.807, 2.05) is 0 Å². The Balaban J connectivity index is 1.56. The second-order valence-corrected chi connectivity index (χ2v) is 8.56. The van der Waals surface area contributed by atoms with Crippen LogP contribution in [0, 0.1) is 19.3 Å². The summed E-state index contributed by atoms with van der Waals surface area (Å²) >= 11 is 0. The summed E-state index contributed by atoms with van der Waals surface area (Å²) in [4.78, 5) is 2.16. The van der Waals surface area contributed by atoms with Crippen LogP contribution in [-0.2, 0) is 25.7 Å². The average molecular weight is 377 g/mol. The van der Waals surface area contributed by atoms with Crippen molar-refractivity contribution in [3.63, 3.8) is 0 Å². The van der Waals surface area contributed by atoms with Crippen LogP contribution >= 0.6 is 0 Å². The SMILES string of the molecule is Cc1cc(N2CCn3nc(C(F)(F)F)cc3C2)cc(C)c1CC1(C)CCC1. The van der Waals surface area contributed by atoms with Crippen molar-refractivity contribution in [3.8, 4) is 0 Å². The van der Waals surface area contributed by atoms with E-state index in [4.69, 9.17) is 0 Å². The van der Waals surface area contributed by atoms with Gasteiger partial charge in [-0.05, 0) is 73.4 Å². The number of aryl methyl sites for hydroxylation is 2. The van der Waals surface area contributed by atoms with Gasteiger partial charge >= 0.3 is 6.18 Å². The van der Waals surface area contributed by atoms with Crippen molar-refractivity contribution in [1.29, 1.82) is 0 Å². The maximum absolute atomic E-state index is 12.9. The highest BCUT2D eigenvalue weighted by molar-refractivity contribution is 5.55. The van der Waals surface area contributed by atoms with Crippen molar-refractivity contribution in [2.75, 3.05) is 11.4 Å². The summed E-state index contributed by atoms with van der Waals surface area (Å²) in [6.07, 6.45) is 0.652. The number of nitrogens with zero attached hydrogens (tertiary/aromatic N) is 3. The maximum atomic E-state index is 12.9. The van der Waals surface area contributed by atoms with Crippen LogP contribution < -0.4 is 4.90 Å². The Hall–Kier alpha value is -1.98. The Morgan fingerprint density at radius 1 is 1.07 bits per heavy atom. The first-order valence-corrected chi connectivity index (χ1v) is 9.64. The zero-order chi connectivity index (χ0) is 19.4. The molecule has 2 aromatic rings. The van der Waals surface area contributed by atoms with E-state index in [2.05, 4.69) is 42.9 Å². The Labute approximate surface area is 158 Å². The predicted octanol–water partition coefficient (Wildman–Crippen LogP) is 5.27. The van der Waals surface area contributed by atoms with E-state index in [-0.39, 0.29) is 0 Å². The lowest BCUT2D eigenvalue weighted by molar-refractivity contribution is -0.141. The molecule has 1 saturated carbocycles. The number of alkyl halides is 3. The van der Waals surface area contributed by atoms with E-state index in [9.17, 15) is 13.2 Å². The first kappa shape index (κ1) is 18.4. The van der Waals surface area contributed by atoms with E-state index in [1.165, 1.54) is 46.7 Å². The van der Waals surface area contributed by atoms with Gasteiger partial charge in [-0.25, -0.2) is 0 Å². The average Bonchev–Trinajstić information content (AvgIpc) is 3.00. The molecular formula is C21H26F3N3. The number of anilines is 1. The molecular weight excluding hydrogens is 351 g/mol. The summed E-state index contributed by atoms with van der Waals surface area (Å²) in [5, 5.41) is 3.72. The van der Waals surface area contributed by atoms with Gasteiger partial charge in [-0.1, -0.05) is 13.3 Å². The first-order valence-electron chi connectivity index (χ1n) is 9.64. The van der Waals surface area contributed by atoms with Crippen molar-refractivity contribution in [3.05, 3.63) is 46.3 Å². The third kappa shape index (κ3) is 3.46. The van der Waals surface area contributed by atoms with Gasteiger partial charge in [0.15, 0.2) is 5.69 Å². The lowest BCUT2D eigenvalue weighted by atomic mass is 9.66. The number of hydrogen-bond acceptors (Lipinski definition) is 2. The summed E-state index contributed by atoms with van der Waals surface area (Å²) < 4.78 is 40.3. The first-order chi connectivity index (χ1) is 12.6. The fraction of sp³-hybridized carbons (Fsp3) is 0.571. The largest absolute Gasteiger partial charge is 0.435 e. The highest BCUT2D eigenvalue weighted by Crippen LogP contribution is 2.44. The molecule has 0 radical (unpaired) electrons. The fourth-order valence-electron chi connectivity index (χ4n) is 4.44. The molecule has 0 spiro atoms. The highest BCUT2D eigenvalue weighted by Gasteiger charge is 2.36. The van der Waals surface area contributed by atoms with E-state index in [0.29, 0.717) is 30.7 Å². The third-order valence-corrected chi connectivity index (χ3v) is 6.30. The van der Waals surface area contributed by atoms with Gasteiger partial charge in [0.2, 0.25) is 0 Å². The minimum Gasteiger partial charge on any atom is -0.364 e. The number of fused-ring (bicyclic) bond motifs is 1. The van der Waals surface area contributed by atoms with Gasteiger partial charge in [0.1, 0.15) is 0 Å². The predicted molar refractivity (Wildman–Crippen MR) is 99.9 cm³/mol. The molecule has 0 amide bonds. The molecule has 146 valence electrons. The molecule has 0 atom stereocenters. The molecule has 27 heavy (non-hydrogen) atoms. The highest BCUT2D eigenvalue weighted by atomic mass is 19.4. The second kappa shape index (κ2) is 6.28. The van der Waals surface area contributed by atoms with Crippen molar-refractivity contribution >= 4 is 5.69 Å². The summed E-state index contributed by atoms with van der Waals surface area (Å²) in [7, 11) is 0. The van der Waals surface area contributed by atoms with E-state index < -0.39 is 11.9 Å². The monoisotopic (exact) mass is 377 g/mol. The molecule has 0 saturated heterocycles. The van der Waals surface area contributed by atoms with Gasteiger partial charge in [-0.2, -0.15) is 18.3 Å². The lowest BCUT2D eigenvalue weighted by Crippen LogP contribution is -2.34. The summed E-state index contributed by atoms with van der Waals surface area (Å²) in [6.45, 7) is 8.28. The molecule has 1 fully saturated rings. The van der Waals surface area contributed by atoms with Crippen molar-refractivity contribution in [2.24, 2.45) is 5.41 Å². The number of rotatable bonds is 3. The summed E-state index contributed by atoms with van der Waals surface area (Å²) in [5.74, 6) is 0. The van der Waals surface area contributed by atoms with Crippen LogP contribution in [0.25, 0.3) is 0 Å². The van der Waals surface area contributed by atoms with Crippen LogP contribution in [0.2, 0.25) is 0 Å². The molecule has 0 N–H and O–H groups in total. The lowest BCUT2D eigenvalue weighted by Gasteiger charge is -2.39. The molecule has 0 bridgehead atoms. The van der Waals surface area contributed by atoms with Crippen LogP contribution in [-0.4, -0.2) is 16.3 Å². The Morgan fingerprint density at radius 3 is 2.30 bits per heavy atom. The van der Waals surface area contributed by atoms with Crippen LogP contribution in [0.4, 0.5) is 18.9 Å². The van der Waals surface area contributed by atoms with Gasteiger partial charge in [0, 0.05) is 12.2 Å². The fourth-order valence-corrected chi connectivity index (χ4v) is 4.44.